The van der Waals surface area contributed by atoms with Crippen LogP contribution in [0.15, 0.2) is 39.8 Å². The van der Waals surface area contributed by atoms with Gasteiger partial charge in [-0.15, -0.1) is 0 Å². The number of likely N-dealkylation sites (tertiary alicyclic amines) is 1. The van der Waals surface area contributed by atoms with Crippen LogP contribution in [0.3, 0.4) is 0 Å². The van der Waals surface area contributed by atoms with E-state index < -0.39 is 0 Å². The van der Waals surface area contributed by atoms with E-state index in [2.05, 4.69) is 12.1 Å². The number of carbonyl (C=O) groups is 1. The number of amides is 1. The standard InChI is InChI=1S/C21H27NO4S/c1-24-17-12-16(13-18(14-17)25-2)5-4-15-8-10-22(11-9-15)21(23)19-6-7-20(26-19)27-3/h6-7,12-15H,4-5,8-11H2,1-3H3. The summed E-state index contributed by atoms with van der Waals surface area (Å²) in [6.07, 6.45) is 6.10. The molecule has 27 heavy (non-hydrogen) atoms. The molecular formula is C21H27NO4S. The molecule has 0 spiro atoms. The van der Waals surface area contributed by atoms with Gasteiger partial charge in [-0.3, -0.25) is 4.79 Å². The van der Waals surface area contributed by atoms with Crippen LogP contribution in [0.2, 0.25) is 0 Å². The first-order valence-electron chi connectivity index (χ1n) is 9.28. The molecule has 5 nitrogen and oxygen atoms in total. The van der Waals surface area contributed by atoms with Crippen molar-refractivity contribution in [1.82, 2.24) is 4.90 Å². The van der Waals surface area contributed by atoms with E-state index in [4.69, 9.17) is 13.9 Å². The van der Waals surface area contributed by atoms with Gasteiger partial charge in [-0.2, -0.15) is 0 Å². The lowest BCUT2D eigenvalue weighted by Crippen LogP contribution is -2.38. The van der Waals surface area contributed by atoms with Crippen LogP contribution in [0.25, 0.3) is 0 Å². The average molecular weight is 390 g/mol. The minimum atomic E-state index is 0.00582. The maximum Gasteiger partial charge on any atom is 0.289 e. The molecular weight excluding hydrogens is 362 g/mol. The van der Waals surface area contributed by atoms with Crippen molar-refractivity contribution < 1.29 is 18.7 Å². The Hall–Kier alpha value is -2.08. The third-order valence-corrected chi connectivity index (χ3v) is 5.77. The van der Waals surface area contributed by atoms with Crippen LogP contribution in [0.1, 0.15) is 35.4 Å². The zero-order valence-electron chi connectivity index (χ0n) is 16.2. The number of thioether (sulfide) groups is 1. The normalized spacial score (nSPS) is 15.0. The van der Waals surface area contributed by atoms with Gasteiger partial charge in [0.15, 0.2) is 10.9 Å². The van der Waals surface area contributed by atoms with Crippen molar-refractivity contribution in [3.8, 4) is 11.5 Å². The quantitative estimate of drug-likeness (QED) is 0.653. The number of hydrogen-bond acceptors (Lipinski definition) is 5. The van der Waals surface area contributed by atoms with Gasteiger partial charge < -0.3 is 18.8 Å². The van der Waals surface area contributed by atoms with E-state index in [1.807, 2.05) is 23.3 Å². The van der Waals surface area contributed by atoms with E-state index >= 15 is 0 Å². The summed E-state index contributed by atoms with van der Waals surface area (Å²) < 4.78 is 16.3. The van der Waals surface area contributed by atoms with E-state index in [1.165, 1.54) is 17.3 Å². The zero-order valence-corrected chi connectivity index (χ0v) is 17.0. The van der Waals surface area contributed by atoms with Crippen molar-refractivity contribution in [3.05, 3.63) is 41.7 Å². The summed E-state index contributed by atoms with van der Waals surface area (Å²) in [7, 11) is 3.35. The lowest BCUT2D eigenvalue weighted by Gasteiger charge is -2.31. The van der Waals surface area contributed by atoms with E-state index in [1.54, 1.807) is 20.3 Å². The monoisotopic (exact) mass is 389 g/mol. The maximum absolute atomic E-state index is 12.6. The molecule has 1 aromatic carbocycles. The molecule has 1 saturated heterocycles. The fourth-order valence-electron chi connectivity index (χ4n) is 3.51. The molecule has 0 atom stereocenters. The number of furan rings is 1. The van der Waals surface area contributed by atoms with Crippen LogP contribution in [0.4, 0.5) is 0 Å². The summed E-state index contributed by atoms with van der Waals surface area (Å²) in [5.74, 6) is 2.73. The van der Waals surface area contributed by atoms with E-state index in [-0.39, 0.29) is 5.91 Å². The second kappa shape index (κ2) is 9.22. The average Bonchev–Trinajstić information content (AvgIpc) is 3.21. The Bertz CT molecular complexity index is 743. The molecule has 6 heteroatoms. The Morgan fingerprint density at radius 3 is 2.37 bits per heavy atom. The number of piperidine rings is 1. The first-order chi connectivity index (χ1) is 13.1. The molecule has 2 heterocycles. The Morgan fingerprint density at radius 2 is 1.81 bits per heavy atom. The molecule has 1 aromatic heterocycles. The topological polar surface area (TPSA) is 51.9 Å². The highest BCUT2D eigenvalue weighted by Gasteiger charge is 2.25. The minimum absolute atomic E-state index is 0.00582. The van der Waals surface area contributed by atoms with Crippen molar-refractivity contribution in [2.75, 3.05) is 33.6 Å². The Labute approximate surface area is 165 Å². The van der Waals surface area contributed by atoms with Crippen molar-refractivity contribution in [2.24, 2.45) is 5.92 Å². The number of rotatable bonds is 7. The van der Waals surface area contributed by atoms with Gasteiger partial charge in [-0.25, -0.2) is 0 Å². The van der Waals surface area contributed by atoms with E-state index in [0.29, 0.717) is 11.7 Å². The smallest absolute Gasteiger partial charge is 0.289 e. The van der Waals surface area contributed by atoms with Gasteiger partial charge in [0.25, 0.3) is 5.91 Å². The summed E-state index contributed by atoms with van der Waals surface area (Å²) in [6, 6.07) is 9.66. The Morgan fingerprint density at radius 1 is 1.15 bits per heavy atom. The number of hydrogen-bond donors (Lipinski definition) is 0. The largest absolute Gasteiger partial charge is 0.497 e. The van der Waals surface area contributed by atoms with Crippen molar-refractivity contribution in [1.29, 1.82) is 0 Å². The van der Waals surface area contributed by atoms with Crippen LogP contribution in [-0.4, -0.2) is 44.4 Å². The predicted octanol–water partition coefficient (Wildman–Crippen LogP) is 4.50. The molecule has 1 fully saturated rings. The Kier molecular flexibility index (Phi) is 6.72. The number of benzene rings is 1. The number of aryl methyl sites for hydroxylation is 1. The van der Waals surface area contributed by atoms with Crippen LogP contribution in [0.5, 0.6) is 11.5 Å². The van der Waals surface area contributed by atoms with Gasteiger partial charge in [0, 0.05) is 19.2 Å². The number of nitrogens with zero attached hydrogens (tertiary/aromatic N) is 1. The van der Waals surface area contributed by atoms with Crippen LogP contribution in [-0.2, 0) is 6.42 Å². The van der Waals surface area contributed by atoms with E-state index in [9.17, 15) is 4.79 Å². The van der Waals surface area contributed by atoms with Gasteiger partial charge >= 0.3 is 0 Å². The first kappa shape index (κ1) is 19.7. The zero-order chi connectivity index (χ0) is 19.2. The molecule has 1 amide bonds. The van der Waals surface area contributed by atoms with Crippen molar-refractivity contribution >= 4 is 17.7 Å². The maximum atomic E-state index is 12.6. The third-order valence-electron chi connectivity index (χ3n) is 5.15. The lowest BCUT2D eigenvalue weighted by atomic mass is 9.90. The molecule has 0 aliphatic carbocycles. The molecule has 0 unspecified atom stereocenters. The summed E-state index contributed by atoms with van der Waals surface area (Å²) in [4.78, 5) is 14.5. The van der Waals surface area contributed by atoms with Crippen molar-refractivity contribution in [3.63, 3.8) is 0 Å². The van der Waals surface area contributed by atoms with E-state index in [0.717, 1.165) is 55.4 Å². The molecule has 2 aromatic rings. The van der Waals surface area contributed by atoms with Crippen LogP contribution >= 0.6 is 11.8 Å². The highest BCUT2D eigenvalue weighted by atomic mass is 32.2. The fourth-order valence-corrected chi connectivity index (χ4v) is 3.88. The second-order valence-electron chi connectivity index (χ2n) is 6.82. The molecule has 1 aliphatic rings. The van der Waals surface area contributed by atoms with Crippen molar-refractivity contribution in [2.45, 2.75) is 30.8 Å². The molecule has 0 radical (unpaired) electrons. The first-order valence-corrected chi connectivity index (χ1v) is 10.5. The van der Waals surface area contributed by atoms with Crippen LogP contribution in [0, 0.1) is 5.92 Å². The van der Waals surface area contributed by atoms with Crippen LogP contribution < -0.4 is 9.47 Å². The predicted molar refractivity (Wildman–Crippen MR) is 107 cm³/mol. The fraction of sp³-hybridized carbons (Fsp3) is 0.476. The number of methoxy groups -OCH3 is 2. The molecule has 0 saturated carbocycles. The molecule has 1 aliphatic heterocycles. The van der Waals surface area contributed by atoms with Gasteiger partial charge in [0.1, 0.15) is 11.5 Å². The molecule has 0 N–H and O–H groups in total. The Balaban J connectivity index is 1.50. The molecule has 146 valence electrons. The minimum Gasteiger partial charge on any atom is -0.497 e. The number of carbonyl (C=O) groups excluding carboxylic acids is 1. The summed E-state index contributed by atoms with van der Waals surface area (Å²) in [5.41, 5.74) is 1.23. The summed E-state index contributed by atoms with van der Waals surface area (Å²) in [5, 5.41) is 0.780. The summed E-state index contributed by atoms with van der Waals surface area (Å²) in [6.45, 7) is 1.58. The van der Waals surface area contributed by atoms with Gasteiger partial charge in [0.2, 0.25) is 0 Å². The lowest BCUT2D eigenvalue weighted by molar-refractivity contribution is 0.0649. The third kappa shape index (κ3) is 5.01. The molecule has 0 bridgehead atoms. The SMILES string of the molecule is COc1cc(CCC2CCN(C(=O)c3ccc(SC)o3)CC2)cc(OC)c1. The highest BCUT2D eigenvalue weighted by Crippen LogP contribution is 2.28. The molecule has 3 rings (SSSR count). The van der Waals surface area contributed by atoms with Gasteiger partial charge in [-0.05, 0) is 67.7 Å². The summed E-state index contributed by atoms with van der Waals surface area (Å²) >= 11 is 1.51. The number of ether oxygens (including phenoxy) is 2. The highest BCUT2D eigenvalue weighted by molar-refractivity contribution is 7.98. The van der Waals surface area contributed by atoms with Gasteiger partial charge in [0.05, 0.1) is 14.2 Å². The second-order valence-corrected chi connectivity index (χ2v) is 7.63. The van der Waals surface area contributed by atoms with Gasteiger partial charge in [-0.1, -0.05) is 11.8 Å².